The molecule has 0 aliphatic heterocycles. The first-order valence-corrected chi connectivity index (χ1v) is 10.4. The molecule has 0 saturated carbocycles. The van der Waals surface area contributed by atoms with Crippen LogP contribution in [0.15, 0.2) is 60.0 Å². The van der Waals surface area contributed by atoms with Gasteiger partial charge >= 0.3 is 5.97 Å². The number of carbonyl (C=O) groups excluding carboxylic acids is 2. The van der Waals surface area contributed by atoms with Gasteiger partial charge in [-0.2, -0.15) is 0 Å². The molecule has 148 valence electrons. The molecule has 1 aliphatic rings. The highest BCUT2D eigenvalue weighted by molar-refractivity contribution is 7.10. The number of fused-ring (bicyclic) bond motifs is 1. The molecule has 0 fully saturated rings. The van der Waals surface area contributed by atoms with Crippen molar-refractivity contribution in [3.63, 3.8) is 0 Å². The van der Waals surface area contributed by atoms with Crippen LogP contribution in [0.4, 0.5) is 4.39 Å². The van der Waals surface area contributed by atoms with Crippen LogP contribution >= 0.6 is 11.3 Å². The molecule has 1 N–H and O–H groups in total. The molecule has 1 amide bonds. The average molecular weight is 409 g/mol. The molecule has 0 spiro atoms. The summed E-state index contributed by atoms with van der Waals surface area (Å²) in [6.07, 6.45) is 3.11. The number of hydrogen-bond acceptors (Lipinski definition) is 4. The summed E-state index contributed by atoms with van der Waals surface area (Å²) in [5, 5.41) is 4.78. The van der Waals surface area contributed by atoms with Crippen LogP contribution < -0.4 is 5.32 Å². The fraction of sp³-hybridized carbons (Fsp3) is 0.217. The number of thiophene rings is 1. The summed E-state index contributed by atoms with van der Waals surface area (Å²) in [4.78, 5) is 25.7. The predicted molar refractivity (Wildman–Crippen MR) is 109 cm³/mol. The molecule has 3 aromatic rings. The monoisotopic (exact) mass is 409 g/mol. The van der Waals surface area contributed by atoms with Gasteiger partial charge in [0.15, 0.2) is 6.61 Å². The van der Waals surface area contributed by atoms with E-state index in [1.54, 1.807) is 18.2 Å². The quantitative estimate of drug-likeness (QED) is 0.613. The number of esters is 1. The molecule has 1 aromatic heterocycles. The molecule has 1 atom stereocenters. The Morgan fingerprint density at radius 1 is 1.07 bits per heavy atom. The van der Waals surface area contributed by atoms with E-state index in [9.17, 15) is 14.0 Å². The summed E-state index contributed by atoms with van der Waals surface area (Å²) in [5.74, 6) is -1.26. The lowest BCUT2D eigenvalue weighted by Crippen LogP contribution is -2.32. The first-order valence-electron chi connectivity index (χ1n) is 9.47. The van der Waals surface area contributed by atoms with Gasteiger partial charge in [0.1, 0.15) is 5.82 Å². The van der Waals surface area contributed by atoms with Gasteiger partial charge in [-0.15, -0.1) is 11.3 Å². The zero-order valence-electron chi connectivity index (χ0n) is 15.7. The smallest absolute Gasteiger partial charge is 0.338 e. The van der Waals surface area contributed by atoms with Crippen molar-refractivity contribution in [2.24, 2.45) is 0 Å². The Kier molecular flexibility index (Phi) is 5.71. The number of halogens is 1. The second kappa shape index (κ2) is 8.57. The third kappa shape index (κ3) is 4.54. The van der Waals surface area contributed by atoms with Gasteiger partial charge in [-0.3, -0.25) is 4.79 Å². The number of ether oxygens (including phenoxy) is 1. The van der Waals surface area contributed by atoms with Crippen LogP contribution in [-0.4, -0.2) is 18.5 Å². The number of aryl methyl sites for hydroxylation is 2. The van der Waals surface area contributed by atoms with Crippen LogP contribution in [0.3, 0.4) is 0 Å². The number of nitrogens with one attached hydrogen (secondary N) is 1. The van der Waals surface area contributed by atoms with Gasteiger partial charge in [-0.1, -0.05) is 24.3 Å². The first-order chi connectivity index (χ1) is 14.1. The standard InChI is InChI=1S/C23H20FNO3S/c24-19-10-8-16(9-11-19)22(20-5-2-12-29-20)25-21(26)14-28-23(27)18-7-6-15-3-1-4-17(15)13-18/h2,5-13,22H,1,3-4,14H2,(H,25,26)/t22-/m1/s1. The van der Waals surface area contributed by atoms with E-state index in [0.717, 1.165) is 29.7 Å². The van der Waals surface area contributed by atoms with Crippen molar-refractivity contribution in [2.75, 3.05) is 6.61 Å². The number of amides is 1. The summed E-state index contributed by atoms with van der Waals surface area (Å²) >= 11 is 1.49. The average Bonchev–Trinajstić information content (AvgIpc) is 3.42. The molecule has 2 aromatic carbocycles. The zero-order valence-corrected chi connectivity index (χ0v) is 16.5. The van der Waals surface area contributed by atoms with Gasteiger partial charge in [0.05, 0.1) is 11.6 Å². The van der Waals surface area contributed by atoms with Crippen LogP contribution in [0.1, 0.15) is 44.4 Å². The molecule has 4 rings (SSSR count). The van der Waals surface area contributed by atoms with Gasteiger partial charge in [-0.25, -0.2) is 9.18 Å². The summed E-state index contributed by atoms with van der Waals surface area (Å²) in [5.41, 5.74) is 3.68. The molecule has 29 heavy (non-hydrogen) atoms. The number of rotatable bonds is 6. The summed E-state index contributed by atoms with van der Waals surface area (Å²) in [7, 11) is 0. The van der Waals surface area contributed by atoms with Crippen LogP contribution in [0.2, 0.25) is 0 Å². The van der Waals surface area contributed by atoms with Crippen molar-refractivity contribution in [2.45, 2.75) is 25.3 Å². The molecule has 1 heterocycles. The molecule has 4 nitrogen and oxygen atoms in total. The molecule has 0 radical (unpaired) electrons. The Morgan fingerprint density at radius 2 is 1.86 bits per heavy atom. The van der Waals surface area contributed by atoms with Gasteiger partial charge in [0.25, 0.3) is 5.91 Å². The van der Waals surface area contributed by atoms with Crippen molar-refractivity contribution in [3.8, 4) is 0 Å². The minimum atomic E-state index is -0.510. The van der Waals surface area contributed by atoms with E-state index < -0.39 is 17.9 Å². The topological polar surface area (TPSA) is 55.4 Å². The molecular weight excluding hydrogens is 389 g/mol. The minimum absolute atomic E-state index is 0.340. The Bertz CT molecular complexity index is 1020. The summed E-state index contributed by atoms with van der Waals surface area (Å²) in [6, 6.07) is 14.9. The van der Waals surface area contributed by atoms with E-state index in [4.69, 9.17) is 4.74 Å². The van der Waals surface area contributed by atoms with Crippen LogP contribution in [-0.2, 0) is 22.4 Å². The highest BCUT2D eigenvalue weighted by Gasteiger charge is 2.20. The van der Waals surface area contributed by atoms with Gasteiger partial charge in [0.2, 0.25) is 0 Å². The largest absolute Gasteiger partial charge is 0.452 e. The second-order valence-electron chi connectivity index (χ2n) is 6.98. The van der Waals surface area contributed by atoms with E-state index in [1.165, 1.54) is 34.6 Å². The lowest BCUT2D eigenvalue weighted by atomic mass is 10.1. The predicted octanol–water partition coefficient (Wildman–Crippen LogP) is 4.44. The molecular formula is C23H20FNO3S. The van der Waals surface area contributed by atoms with E-state index >= 15 is 0 Å². The fourth-order valence-corrected chi connectivity index (χ4v) is 4.35. The van der Waals surface area contributed by atoms with Crippen LogP contribution in [0, 0.1) is 5.82 Å². The second-order valence-corrected chi connectivity index (χ2v) is 7.96. The van der Waals surface area contributed by atoms with Gasteiger partial charge in [0, 0.05) is 4.88 Å². The third-order valence-electron chi connectivity index (χ3n) is 5.00. The van der Waals surface area contributed by atoms with Crippen molar-refractivity contribution >= 4 is 23.2 Å². The third-order valence-corrected chi connectivity index (χ3v) is 5.94. The molecule has 6 heteroatoms. The normalized spacial score (nSPS) is 13.6. The number of benzene rings is 2. The van der Waals surface area contributed by atoms with Crippen molar-refractivity contribution in [1.82, 2.24) is 5.32 Å². The van der Waals surface area contributed by atoms with Crippen molar-refractivity contribution < 1.29 is 18.7 Å². The van der Waals surface area contributed by atoms with Crippen LogP contribution in [0.5, 0.6) is 0 Å². The maximum Gasteiger partial charge on any atom is 0.338 e. The highest BCUT2D eigenvalue weighted by atomic mass is 32.1. The molecule has 1 aliphatic carbocycles. The number of carbonyl (C=O) groups is 2. The van der Waals surface area contributed by atoms with E-state index in [2.05, 4.69) is 5.32 Å². The lowest BCUT2D eigenvalue weighted by Gasteiger charge is -2.18. The van der Waals surface area contributed by atoms with E-state index in [-0.39, 0.29) is 12.4 Å². The summed E-state index contributed by atoms with van der Waals surface area (Å²) < 4.78 is 18.5. The van der Waals surface area contributed by atoms with Gasteiger partial charge in [-0.05, 0) is 71.7 Å². The van der Waals surface area contributed by atoms with E-state index in [0.29, 0.717) is 5.56 Å². The minimum Gasteiger partial charge on any atom is -0.452 e. The van der Waals surface area contributed by atoms with Crippen molar-refractivity contribution in [3.05, 3.63) is 92.9 Å². The van der Waals surface area contributed by atoms with Gasteiger partial charge < -0.3 is 10.1 Å². The molecule has 0 saturated heterocycles. The van der Waals surface area contributed by atoms with Crippen molar-refractivity contribution in [1.29, 1.82) is 0 Å². The molecule has 0 unspecified atom stereocenters. The first kappa shape index (κ1) is 19.3. The Balaban J connectivity index is 1.40. The van der Waals surface area contributed by atoms with Crippen LogP contribution in [0.25, 0.3) is 0 Å². The number of hydrogen-bond donors (Lipinski definition) is 1. The maximum absolute atomic E-state index is 13.3. The fourth-order valence-electron chi connectivity index (χ4n) is 3.55. The highest BCUT2D eigenvalue weighted by Crippen LogP contribution is 2.26. The zero-order chi connectivity index (χ0) is 20.2. The Labute approximate surface area is 172 Å². The maximum atomic E-state index is 13.3. The summed E-state index contributed by atoms with van der Waals surface area (Å²) in [6.45, 7) is -0.376. The Morgan fingerprint density at radius 3 is 2.62 bits per heavy atom. The Hall–Kier alpha value is -2.99. The lowest BCUT2D eigenvalue weighted by molar-refractivity contribution is -0.124. The SMILES string of the molecule is O=C(COC(=O)c1ccc2c(c1)CCC2)N[C@H](c1ccc(F)cc1)c1cccs1. The molecule has 0 bridgehead atoms. The van der Waals surface area contributed by atoms with E-state index in [1.807, 2.05) is 29.6 Å².